The van der Waals surface area contributed by atoms with Gasteiger partial charge in [-0.05, 0) is 26.7 Å². The summed E-state index contributed by atoms with van der Waals surface area (Å²) in [5.41, 5.74) is 5.86. The largest absolute Gasteiger partial charge is 0.395 e. The van der Waals surface area contributed by atoms with E-state index in [0.29, 0.717) is 12.0 Å². The predicted octanol–water partition coefficient (Wildman–Crippen LogP) is 1.06. The Morgan fingerprint density at radius 3 is 1.86 bits per heavy atom. The average Bonchev–Trinajstić information content (AvgIpc) is 2.02. The maximum Gasteiger partial charge on any atom is 0.0601 e. The zero-order chi connectivity index (χ0) is 11.3. The molecule has 2 atom stereocenters. The van der Waals surface area contributed by atoms with Crippen LogP contribution in [0.1, 0.15) is 34.6 Å². The topological polar surface area (TPSA) is 49.5 Å². The average molecular weight is 202 g/mol. The molecule has 3 N–H and O–H groups in total. The molecule has 0 aliphatic carbocycles. The van der Waals surface area contributed by atoms with Crippen molar-refractivity contribution in [1.29, 1.82) is 0 Å². The number of aliphatic hydroxyl groups is 1. The molecule has 0 saturated carbocycles. The molecule has 0 spiro atoms. The van der Waals surface area contributed by atoms with E-state index >= 15 is 0 Å². The highest BCUT2D eigenvalue weighted by atomic mass is 16.3. The van der Waals surface area contributed by atoms with Crippen molar-refractivity contribution in [2.24, 2.45) is 11.7 Å². The first-order valence-electron chi connectivity index (χ1n) is 5.52. The van der Waals surface area contributed by atoms with Crippen LogP contribution in [-0.4, -0.2) is 41.3 Å². The maximum absolute atomic E-state index is 9.31. The molecule has 0 aromatic carbocycles. The molecular weight excluding hydrogens is 176 g/mol. The lowest BCUT2D eigenvalue weighted by Crippen LogP contribution is -2.52. The Morgan fingerprint density at radius 1 is 1.14 bits per heavy atom. The minimum Gasteiger partial charge on any atom is -0.395 e. The molecule has 3 nitrogen and oxygen atoms in total. The molecule has 0 fully saturated rings. The summed E-state index contributed by atoms with van der Waals surface area (Å²) in [5.74, 6) is 0.602. The Hall–Kier alpha value is -0.120. The first-order valence-corrected chi connectivity index (χ1v) is 5.52. The molecule has 3 heteroatoms. The molecule has 0 aromatic heterocycles. The smallest absolute Gasteiger partial charge is 0.0601 e. The monoisotopic (exact) mass is 202 g/mol. The Kier molecular flexibility index (Phi) is 6.33. The van der Waals surface area contributed by atoms with Crippen LogP contribution in [0.2, 0.25) is 0 Å². The van der Waals surface area contributed by atoms with Crippen molar-refractivity contribution in [2.75, 3.05) is 13.2 Å². The molecule has 0 bridgehead atoms. The van der Waals surface area contributed by atoms with Crippen molar-refractivity contribution >= 4 is 0 Å². The Labute approximate surface area is 88.3 Å². The number of aliphatic hydroxyl groups excluding tert-OH is 1. The van der Waals surface area contributed by atoms with Crippen molar-refractivity contribution in [3.63, 3.8) is 0 Å². The van der Waals surface area contributed by atoms with Gasteiger partial charge in [0.25, 0.3) is 0 Å². The summed E-state index contributed by atoms with van der Waals surface area (Å²) in [6.07, 6.45) is 0. The Bertz CT molecular complexity index is 146. The first kappa shape index (κ1) is 13.9. The highest BCUT2D eigenvalue weighted by molar-refractivity contribution is 4.81. The van der Waals surface area contributed by atoms with Gasteiger partial charge in [0.05, 0.1) is 6.61 Å². The SMILES string of the molecule is CC(C)CN(C(C)C)C(CO)C(C)N. The Morgan fingerprint density at radius 2 is 1.64 bits per heavy atom. The fraction of sp³-hybridized carbons (Fsp3) is 1.00. The van der Waals surface area contributed by atoms with E-state index in [2.05, 4.69) is 32.6 Å². The molecule has 0 aliphatic heterocycles. The standard InChI is InChI=1S/C11H26N2O/c1-8(2)6-13(9(3)4)11(7-14)10(5)12/h8-11,14H,6-7,12H2,1-5H3. The van der Waals surface area contributed by atoms with E-state index in [0.717, 1.165) is 6.54 Å². The van der Waals surface area contributed by atoms with Crippen LogP contribution in [0.4, 0.5) is 0 Å². The zero-order valence-electron chi connectivity index (χ0n) is 10.2. The second kappa shape index (κ2) is 6.38. The van der Waals surface area contributed by atoms with E-state index < -0.39 is 0 Å². The highest BCUT2D eigenvalue weighted by Crippen LogP contribution is 2.11. The fourth-order valence-corrected chi connectivity index (χ4v) is 1.72. The third-order valence-corrected chi connectivity index (χ3v) is 2.46. The van der Waals surface area contributed by atoms with Crippen LogP contribution in [0, 0.1) is 5.92 Å². The van der Waals surface area contributed by atoms with E-state index in [1.165, 1.54) is 0 Å². The zero-order valence-corrected chi connectivity index (χ0v) is 10.2. The van der Waals surface area contributed by atoms with Gasteiger partial charge in [-0.15, -0.1) is 0 Å². The lowest BCUT2D eigenvalue weighted by Gasteiger charge is -2.37. The van der Waals surface area contributed by atoms with Gasteiger partial charge in [0.15, 0.2) is 0 Å². The summed E-state index contributed by atoms with van der Waals surface area (Å²) in [6.45, 7) is 11.8. The van der Waals surface area contributed by atoms with Crippen LogP contribution >= 0.6 is 0 Å². The lowest BCUT2D eigenvalue weighted by atomic mass is 10.1. The van der Waals surface area contributed by atoms with E-state index in [1.807, 2.05) is 6.92 Å². The minimum absolute atomic E-state index is 0.0150. The molecule has 0 amide bonds. The third-order valence-electron chi connectivity index (χ3n) is 2.46. The van der Waals surface area contributed by atoms with Gasteiger partial charge in [0.1, 0.15) is 0 Å². The summed E-state index contributed by atoms with van der Waals surface area (Å²) in [4.78, 5) is 2.29. The van der Waals surface area contributed by atoms with E-state index in [9.17, 15) is 5.11 Å². The second-order valence-corrected chi connectivity index (χ2v) is 4.79. The van der Waals surface area contributed by atoms with Gasteiger partial charge in [0, 0.05) is 24.7 Å². The van der Waals surface area contributed by atoms with Crippen LogP contribution in [0.15, 0.2) is 0 Å². The molecule has 2 unspecified atom stereocenters. The summed E-state index contributed by atoms with van der Waals surface area (Å²) in [6, 6.07) is 0.527. The second-order valence-electron chi connectivity index (χ2n) is 4.79. The molecule has 0 heterocycles. The van der Waals surface area contributed by atoms with Crippen LogP contribution in [0.5, 0.6) is 0 Å². The van der Waals surface area contributed by atoms with Crippen LogP contribution in [0.3, 0.4) is 0 Å². The predicted molar refractivity (Wildman–Crippen MR) is 61.2 cm³/mol. The number of nitrogens with zero attached hydrogens (tertiary/aromatic N) is 1. The van der Waals surface area contributed by atoms with Crippen molar-refractivity contribution in [3.8, 4) is 0 Å². The molecule has 0 rings (SSSR count). The molecule has 0 aromatic rings. The van der Waals surface area contributed by atoms with Crippen LogP contribution in [-0.2, 0) is 0 Å². The van der Waals surface area contributed by atoms with Crippen LogP contribution < -0.4 is 5.73 Å². The molecule has 0 aliphatic rings. The molecule has 0 radical (unpaired) electrons. The van der Waals surface area contributed by atoms with Gasteiger partial charge < -0.3 is 10.8 Å². The van der Waals surface area contributed by atoms with Gasteiger partial charge in [-0.25, -0.2) is 0 Å². The normalized spacial score (nSPS) is 16.7. The summed E-state index contributed by atoms with van der Waals surface area (Å²) in [5, 5.41) is 9.31. The molecule has 86 valence electrons. The minimum atomic E-state index is 0.0150. The summed E-state index contributed by atoms with van der Waals surface area (Å²) >= 11 is 0. The maximum atomic E-state index is 9.31. The fourth-order valence-electron chi connectivity index (χ4n) is 1.72. The van der Waals surface area contributed by atoms with Gasteiger partial charge in [0.2, 0.25) is 0 Å². The lowest BCUT2D eigenvalue weighted by molar-refractivity contribution is 0.0716. The van der Waals surface area contributed by atoms with Gasteiger partial charge >= 0.3 is 0 Å². The number of hydrogen-bond donors (Lipinski definition) is 2. The quantitative estimate of drug-likeness (QED) is 0.677. The van der Waals surface area contributed by atoms with Crippen molar-refractivity contribution in [1.82, 2.24) is 4.90 Å². The molecule has 14 heavy (non-hydrogen) atoms. The van der Waals surface area contributed by atoms with Crippen molar-refractivity contribution < 1.29 is 5.11 Å². The Balaban J connectivity index is 4.44. The number of nitrogens with two attached hydrogens (primary N) is 1. The number of rotatable bonds is 6. The van der Waals surface area contributed by atoms with Gasteiger partial charge in [-0.1, -0.05) is 13.8 Å². The van der Waals surface area contributed by atoms with Gasteiger partial charge in [-0.2, -0.15) is 0 Å². The molecular formula is C11H26N2O. The number of hydrogen-bond acceptors (Lipinski definition) is 3. The van der Waals surface area contributed by atoms with E-state index in [-0.39, 0.29) is 18.7 Å². The summed E-state index contributed by atoms with van der Waals surface area (Å²) < 4.78 is 0. The van der Waals surface area contributed by atoms with Gasteiger partial charge in [-0.3, -0.25) is 4.90 Å². The highest BCUT2D eigenvalue weighted by Gasteiger charge is 2.24. The van der Waals surface area contributed by atoms with Crippen LogP contribution in [0.25, 0.3) is 0 Å². The molecule has 0 saturated heterocycles. The van der Waals surface area contributed by atoms with Crippen molar-refractivity contribution in [2.45, 2.75) is 52.7 Å². The third kappa shape index (κ3) is 4.40. The van der Waals surface area contributed by atoms with E-state index in [4.69, 9.17) is 5.73 Å². The van der Waals surface area contributed by atoms with Crippen molar-refractivity contribution in [3.05, 3.63) is 0 Å². The summed E-state index contributed by atoms with van der Waals surface area (Å²) in [7, 11) is 0. The first-order chi connectivity index (χ1) is 6.40. The van der Waals surface area contributed by atoms with E-state index in [1.54, 1.807) is 0 Å².